The Kier molecular flexibility index (Phi) is 4.72. The first kappa shape index (κ1) is 14.2. The van der Waals surface area contributed by atoms with E-state index in [-0.39, 0.29) is 14.9 Å². The predicted octanol–water partition coefficient (Wildman–Crippen LogP) is 0.689. The Morgan fingerprint density at radius 3 is 2.65 bits per heavy atom. The second kappa shape index (κ2) is 5.65. The molecule has 6 nitrogen and oxygen atoms in total. The van der Waals surface area contributed by atoms with Gasteiger partial charge >= 0.3 is 0 Å². The molecule has 1 amide bonds. The molecule has 0 aliphatic heterocycles. The van der Waals surface area contributed by atoms with Crippen molar-refractivity contribution in [3.8, 4) is 0 Å². The van der Waals surface area contributed by atoms with Gasteiger partial charge in [0.15, 0.2) is 0 Å². The van der Waals surface area contributed by atoms with E-state index >= 15 is 0 Å². The smallest absolute Gasteiger partial charge is 0.264 e. The van der Waals surface area contributed by atoms with Crippen molar-refractivity contribution in [2.45, 2.75) is 4.90 Å². The molecule has 0 saturated carbocycles. The van der Waals surface area contributed by atoms with Crippen LogP contribution in [0.25, 0.3) is 0 Å². The van der Waals surface area contributed by atoms with Gasteiger partial charge in [-0.2, -0.15) is 0 Å². The van der Waals surface area contributed by atoms with E-state index in [1.807, 2.05) is 0 Å². The summed E-state index contributed by atoms with van der Waals surface area (Å²) < 4.78 is 23.3. The molecule has 3 N–H and O–H groups in total. The van der Waals surface area contributed by atoms with Crippen molar-refractivity contribution in [3.05, 3.63) is 28.2 Å². The number of carbonyl (C=O) groups is 1. The first-order valence-electron chi connectivity index (χ1n) is 4.20. The third-order valence-corrected chi connectivity index (χ3v) is 3.78. The van der Waals surface area contributed by atoms with Crippen LogP contribution in [0.4, 0.5) is 0 Å². The fraction of sp³-hybridized carbons (Fsp3) is 0.125. The first-order chi connectivity index (χ1) is 7.84. The van der Waals surface area contributed by atoms with Gasteiger partial charge in [0, 0.05) is 0 Å². The van der Waals surface area contributed by atoms with Gasteiger partial charge in [-0.3, -0.25) is 9.63 Å². The molecule has 9 heteroatoms. The summed E-state index contributed by atoms with van der Waals surface area (Å²) in [6.07, 6.45) is 0. The SMILES string of the molecule is NC(=O)CONS(=O)(=O)c1cccc(Cl)c1Cl. The zero-order valence-corrected chi connectivity index (χ0v) is 10.6. The molecule has 0 heterocycles. The lowest BCUT2D eigenvalue weighted by Gasteiger charge is -2.08. The van der Waals surface area contributed by atoms with Crippen molar-refractivity contribution < 1.29 is 18.0 Å². The number of nitrogens with one attached hydrogen (secondary N) is 1. The van der Waals surface area contributed by atoms with E-state index in [0.29, 0.717) is 0 Å². The molecule has 1 rings (SSSR count). The molecule has 0 saturated heterocycles. The molecule has 0 aliphatic rings. The van der Waals surface area contributed by atoms with Crippen LogP contribution in [0.2, 0.25) is 10.0 Å². The number of amides is 1. The maximum Gasteiger partial charge on any atom is 0.264 e. The Morgan fingerprint density at radius 2 is 2.06 bits per heavy atom. The van der Waals surface area contributed by atoms with Gasteiger partial charge in [-0.25, -0.2) is 8.42 Å². The lowest BCUT2D eigenvalue weighted by molar-refractivity contribution is -0.123. The second-order valence-electron chi connectivity index (χ2n) is 2.89. The number of hydrogen-bond acceptors (Lipinski definition) is 4. The van der Waals surface area contributed by atoms with Gasteiger partial charge in [-0.05, 0) is 12.1 Å². The molecule has 0 bridgehead atoms. The number of benzene rings is 1. The highest BCUT2D eigenvalue weighted by molar-refractivity contribution is 7.89. The molecule has 1 aromatic carbocycles. The maximum atomic E-state index is 11.7. The average Bonchev–Trinajstić information content (AvgIpc) is 2.21. The Bertz CT molecular complexity index is 532. The van der Waals surface area contributed by atoms with Crippen LogP contribution < -0.4 is 10.6 Å². The van der Waals surface area contributed by atoms with E-state index in [4.69, 9.17) is 28.9 Å². The number of hydrogen-bond donors (Lipinski definition) is 2. The van der Waals surface area contributed by atoms with Crippen molar-refractivity contribution in [1.29, 1.82) is 0 Å². The number of carbonyl (C=O) groups excluding carboxylic acids is 1. The van der Waals surface area contributed by atoms with Gasteiger partial charge in [0.2, 0.25) is 5.91 Å². The lowest BCUT2D eigenvalue weighted by atomic mass is 10.4. The Morgan fingerprint density at radius 1 is 1.41 bits per heavy atom. The van der Waals surface area contributed by atoms with E-state index < -0.39 is 22.5 Å². The Hall–Kier alpha value is -0.860. The molecular weight excluding hydrogens is 291 g/mol. The van der Waals surface area contributed by atoms with Crippen LogP contribution in [0.15, 0.2) is 23.1 Å². The van der Waals surface area contributed by atoms with Gasteiger partial charge < -0.3 is 5.73 Å². The van der Waals surface area contributed by atoms with Gasteiger partial charge in [0.05, 0.1) is 10.0 Å². The standard InChI is InChI=1S/C8H8Cl2N2O4S/c9-5-2-1-3-6(8(5)10)17(14,15)12-16-4-7(11)13/h1-3,12H,4H2,(H2,11,13). The first-order valence-corrected chi connectivity index (χ1v) is 6.44. The zero-order valence-electron chi connectivity index (χ0n) is 8.31. The second-order valence-corrected chi connectivity index (χ2v) is 5.29. The monoisotopic (exact) mass is 298 g/mol. The molecular formula is C8H8Cl2N2O4S. The third kappa shape index (κ3) is 3.83. The molecule has 94 valence electrons. The molecule has 0 aromatic heterocycles. The summed E-state index contributed by atoms with van der Waals surface area (Å²) >= 11 is 11.4. The van der Waals surface area contributed by atoms with E-state index in [2.05, 4.69) is 4.84 Å². The Balaban J connectivity index is 2.90. The topological polar surface area (TPSA) is 98.5 Å². The molecule has 0 unspecified atom stereocenters. The summed E-state index contributed by atoms with van der Waals surface area (Å²) in [5.41, 5.74) is 4.77. The minimum atomic E-state index is -4.01. The summed E-state index contributed by atoms with van der Waals surface area (Å²) in [4.78, 5) is 16.2. The summed E-state index contributed by atoms with van der Waals surface area (Å²) in [5.74, 6) is -0.815. The molecule has 0 radical (unpaired) electrons. The van der Waals surface area contributed by atoms with Crippen LogP contribution in [-0.4, -0.2) is 20.9 Å². The minimum absolute atomic E-state index is 0.0874. The molecule has 17 heavy (non-hydrogen) atoms. The largest absolute Gasteiger partial charge is 0.368 e. The highest BCUT2D eigenvalue weighted by Crippen LogP contribution is 2.28. The van der Waals surface area contributed by atoms with Crippen LogP contribution >= 0.6 is 23.2 Å². The average molecular weight is 299 g/mol. The van der Waals surface area contributed by atoms with Crippen LogP contribution in [0.1, 0.15) is 0 Å². The maximum absolute atomic E-state index is 11.7. The lowest BCUT2D eigenvalue weighted by Crippen LogP contribution is -2.29. The highest BCUT2D eigenvalue weighted by Gasteiger charge is 2.19. The van der Waals surface area contributed by atoms with E-state index in [1.54, 1.807) is 4.89 Å². The number of halogens is 2. The number of sulfonamides is 1. The number of rotatable bonds is 5. The van der Waals surface area contributed by atoms with Gasteiger partial charge in [0.1, 0.15) is 11.5 Å². The summed E-state index contributed by atoms with van der Waals surface area (Å²) in [6.45, 7) is -0.586. The fourth-order valence-electron chi connectivity index (χ4n) is 0.915. The predicted molar refractivity (Wildman–Crippen MR) is 61.9 cm³/mol. The van der Waals surface area contributed by atoms with Crippen molar-refractivity contribution in [2.24, 2.45) is 5.73 Å². The zero-order chi connectivity index (χ0) is 13.1. The summed E-state index contributed by atoms with van der Waals surface area (Å²) in [7, 11) is -4.01. The quantitative estimate of drug-likeness (QED) is 0.781. The normalized spacial score (nSPS) is 11.4. The Labute approximate surface area is 108 Å². The van der Waals surface area contributed by atoms with Crippen LogP contribution in [-0.2, 0) is 19.7 Å². The van der Waals surface area contributed by atoms with Gasteiger partial charge in [-0.15, -0.1) is 0 Å². The summed E-state index contributed by atoms with van der Waals surface area (Å²) in [6, 6.07) is 4.09. The van der Waals surface area contributed by atoms with E-state index in [9.17, 15) is 13.2 Å². The fourth-order valence-corrected chi connectivity index (χ4v) is 2.48. The van der Waals surface area contributed by atoms with Crippen molar-refractivity contribution in [1.82, 2.24) is 4.89 Å². The molecule has 0 atom stereocenters. The highest BCUT2D eigenvalue weighted by atomic mass is 35.5. The van der Waals surface area contributed by atoms with Gasteiger partial charge in [0.25, 0.3) is 10.0 Å². The van der Waals surface area contributed by atoms with Crippen LogP contribution in [0, 0.1) is 0 Å². The van der Waals surface area contributed by atoms with Crippen LogP contribution in [0.5, 0.6) is 0 Å². The molecule has 0 spiro atoms. The number of primary amides is 1. The number of nitrogens with two attached hydrogens (primary N) is 1. The van der Waals surface area contributed by atoms with Crippen molar-refractivity contribution >= 4 is 39.1 Å². The summed E-state index contributed by atoms with van der Waals surface area (Å²) in [5, 5.41) is -0.0474. The molecule has 1 aromatic rings. The van der Waals surface area contributed by atoms with Crippen LogP contribution in [0.3, 0.4) is 0 Å². The molecule has 0 fully saturated rings. The van der Waals surface area contributed by atoms with E-state index in [1.165, 1.54) is 18.2 Å². The van der Waals surface area contributed by atoms with Gasteiger partial charge in [-0.1, -0.05) is 34.2 Å². The van der Waals surface area contributed by atoms with Crippen molar-refractivity contribution in [3.63, 3.8) is 0 Å². The third-order valence-electron chi connectivity index (χ3n) is 1.59. The minimum Gasteiger partial charge on any atom is -0.368 e. The van der Waals surface area contributed by atoms with E-state index in [0.717, 1.165) is 0 Å². The van der Waals surface area contributed by atoms with Crippen molar-refractivity contribution in [2.75, 3.05) is 6.61 Å². The molecule has 0 aliphatic carbocycles.